The van der Waals surface area contributed by atoms with Gasteiger partial charge < -0.3 is 14.5 Å². The van der Waals surface area contributed by atoms with Crippen molar-refractivity contribution in [3.05, 3.63) is 90.0 Å². The Bertz CT molecular complexity index is 1420. The second-order valence-corrected chi connectivity index (χ2v) is 11.7. The zero-order valence-electron chi connectivity index (χ0n) is 24.2. The van der Waals surface area contributed by atoms with Crippen molar-refractivity contribution >= 4 is 34.7 Å². The van der Waals surface area contributed by atoms with Gasteiger partial charge in [-0.25, -0.2) is 22.9 Å². The van der Waals surface area contributed by atoms with Gasteiger partial charge in [0.2, 0.25) is 5.96 Å². The molecule has 0 aromatic heterocycles. The van der Waals surface area contributed by atoms with E-state index in [1.807, 2.05) is 50.3 Å². The van der Waals surface area contributed by atoms with Crippen molar-refractivity contribution in [2.45, 2.75) is 50.7 Å². The van der Waals surface area contributed by atoms with Gasteiger partial charge in [0.1, 0.15) is 6.61 Å². The number of aliphatic imine (C=N–C) groups is 2. The normalized spacial score (nSPS) is 16.4. The average Bonchev–Trinajstić information content (AvgIpc) is 3.19. The maximum Gasteiger partial charge on any atom is 0.410 e. The van der Waals surface area contributed by atoms with E-state index in [9.17, 15) is 18.0 Å². The van der Waals surface area contributed by atoms with E-state index < -0.39 is 16.1 Å². The molecule has 0 unspecified atom stereocenters. The lowest BCUT2D eigenvalue weighted by Crippen LogP contribution is -2.40. The third kappa shape index (κ3) is 9.41. The number of carbonyl (C=O) groups excluding carboxylic acids is 2. The van der Waals surface area contributed by atoms with Crippen LogP contribution in [0.4, 0.5) is 4.79 Å². The number of amides is 2. The Kier molecular flexibility index (Phi) is 12.0. The van der Waals surface area contributed by atoms with Crippen LogP contribution in [0.3, 0.4) is 0 Å². The number of guanidine groups is 1. The number of carbonyl (C=O) groups is 2. The lowest BCUT2D eigenvalue weighted by atomic mass is 10.1. The van der Waals surface area contributed by atoms with Crippen molar-refractivity contribution in [3.8, 4) is 0 Å². The van der Waals surface area contributed by atoms with Gasteiger partial charge >= 0.3 is 6.09 Å². The molecule has 1 atom stereocenters. The fraction of sp³-hybridized carbons (Fsp3) is 0.355. The maximum absolute atomic E-state index is 13.5. The number of allylic oxidation sites excluding steroid dienone is 3. The van der Waals surface area contributed by atoms with E-state index in [1.165, 1.54) is 18.2 Å². The van der Waals surface area contributed by atoms with Crippen molar-refractivity contribution in [3.63, 3.8) is 0 Å². The molecule has 1 saturated heterocycles. The van der Waals surface area contributed by atoms with Gasteiger partial charge in [-0.3, -0.25) is 9.79 Å². The second-order valence-electron chi connectivity index (χ2n) is 10.0. The van der Waals surface area contributed by atoms with Crippen molar-refractivity contribution in [1.29, 1.82) is 0 Å². The number of hydrogen-bond donors (Lipinski definition) is 1. The quantitative estimate of drug-likeness (QED) is 0.184. The molecule has 11 heteroatoms. The molecule has 10 nitrogen and oxygen atoms in total. The summed E-state index contributed by atoms with van der Waals surface area (Å²) < 4.78 is 34.0. The Balaban J connectivity index is 1.63. The summed E-state index contributed by atoms with van der Waals surface area (Å²) in [5.41, 5.74) is 2.26. The molecule has 0 aliphatic carbocycles. The van der Waals surface area contributed by atoms with Crippen LogP contribution < -0.4 is 4.72 Å². The molecule has 0 saturated carbocycles. The van der Waals surface area contributed by atoms with Gasteiger partial charge in [0, 0.05) is 37.8 Å². The molecular weight excluding hydrogens is 554 g/mol. The van der Waals surface area contributed by atoms with Gasteiger partial charge in [0.05, 0.1) is 4.90 Å². The van der Waals surface area contributed by atoms with Crippen molar-refractivity contribution in [2.24, 2.45) is 9.98 Å². The first-order chi connectivity index (χ1) is 20.1. The summed E-state index contributed by atoms with van der Waals surface area (Å²) in [6.07, 6.45) is 5.25. The highest BCUT2D eigenvalue weighted by atomic mass is 32.2. The fourth-order valence-corrected chi connectivity index (χ4v) is 5.46. The zero-order valence-corrected chi connectivity index (χ0v) is 25.1. The highest BCUT2D eigenvalue weighted by molar-refractivity contribution is 7.90. The molecule has 3 rings (SSSR count). The van der Waals surface area contributed by atoms with E-state index >= 15 is 0 Å². The SMILES string of the molecule is C=C/C=C(/C)CCCN=C(N=C)NS(=O)(=O)c1cccc(C(=O)N2CCN(C(=O)OCc3ccccc3)CC[C@H]2C)c1. The van der Waals surface area contributed by atoms with Crippen LogP contribution in [-0.4, -0.2) is 75.1 Å². The molecule has 1 fully saturated rings. The highest BCUT2D eigenvalue weighted by Crippen LogP contribution is 2.19. The third-order valence-corrected chi connectivity index (χ3v) is 8.17. The first-order valence-corrected chi connectivity index (χ1v) is 15.3. The van der Waals surface area contributed by atoms with Gasteiger partial charge in [-0.1, -0.05) is 60.7 Å². The first kappa shape index (κ1) is 32.3. The molecule has 0 bridgehead atoms. The average molecular weight is 594 g/mol. The number of benzene rings is 2. The van der Waals surface area contributed by atoms with E-state index in [2.05, 4.69) is 28.0 Å². The van der Waals surface area contributed by atoms with Crippen LogP contribution in [0.25, 0.3) is 0 Å². The molecular formula is C31H39N5O5S. The number of rotatable bonds is 10. The summed E-state index contributed by atoms with van der Waals surface area (Å²) in [6, 6.07) is 15.1. The van der Waals surface area contributed by atoms with Gasteiger partial charge in [-0.05, 0) is 63.6 Å². The Morgan fingerprint density at radius 1 is 1.12 bits per heavy atom. The van der Waals surface area contributed by atoms with Crippen molar-refractivity contribution < 1.29 is 22.7 Å². The van der Waals surface area contributed by atoms with Crippen LogP contribution in [0, 0.1) is 0 Å². The molecule has 0 spiro atoms. The van der Waals surface area contributed by atoms with E-state index in [4.69, 9.17) is 4.74 Å². The summed E-state index contributed by atoms with van der Waals surface area (Å²) in [7, 11) is -4.07. The van der Waals surface area contributed by atoms with Crippen LogP contribution in [0.1, 0.15) is 49.0 Å². The summed E-state index contributed by atoms with van der Waals surface area (Å²) in [4.78, 5) is 37.3. The summed E-state index contributed by atoms with van der Waals surface area (Å²) in [5.74, 6) is -0.435. The molecule has 1 N–H and O–H groups in total. The minimum atomic E-state index is -4.07. The van der Waals surface area contributed by atoms with E-state index in [1.54, 1.807) is 21.9 Å². The van der Waals surface area contributed by atoms with Crippen LogP contribution >= 0.6 is 0 Å². The smallest absolute Gasteiger partial charge is 0.410 e. The van der Waals surface area contributed by atoms with E-state index in [0.717, 1.165) is 17.6 Å². The van der Waals surface area contributed by atoms with Crippen molar-refractivity contribution in [2.75, 3.05) is 26.2 Å². The van der Waals surface area contributed by atoms with Crippen LogP contribution in [0.5, 0.6) is 0 Å². The van der Waals surface area contributed by atoms with Gasteiger partial charge in [-0.2, -0.15) is 0 Å². The molecule has 1 aliphatic heterocycles. The van der Waals surface area contributed by atoms with Crippen LogP contribution in [-0.2, 0) is 21.4 Å². The van der Waals surface area contributed by atoms with Crippen LogP contribution in [0.2, 0.25) is 0 Å². The molecule has 2 aromatic carbocycles. The lowest BCUT2D eigenvalue weighted by molar-refractivity contribution is 0.0693. The van der Waals surface area contributed by atoms with E-state index in [-0.39, 0.29) is 41.5 Å². The van der Waals surface area contributed by atoms with E-state index in [0.29, 0.717) is 32.5 Å². The molecule has 224 valence electrons. The highest BCUT2D eigenvalue weighted by Gasteiger charge is 2.29. The zero-order chi connectivity index (χ0) is 30.5. The Hall–Kier alpha value is -4.25. The molecule has 0 radical (unpaired) electrons. The number of ether oxygens (including phenoxy) is 1. The topological polar surface area (TPSA) is 121 Å². The van der Waals surface area contributed by atoms with Crippen LogP contribution in [0.15, 0.2) is 93.8 Å². The molecule has 42 heavy (non-hydrogen) atoms. The summed E-state index contributed by atoms with van der Waals surface area (Å²) >= 11 is 0. The van der Waals surface area contributed by atoms with Gasteiger partial charge in [0.25, 0.3) is 15.9 Å². The monoisotopic (exact) mass is 593 g/mol. The van der Waals surface area contributed by atoms with Gasteiger partial charge in [0.15, 0.2) is 0 Å². The largest absolute Gasteiger partial charge is 0.445 e. The predicted octanol–water partition coefficient (Wildman–Crippen LogP) is 4.81. The third-order valence-electron chi connectivity index (χ3n) is 6.84. The molecule has 2 amide bonds. The Morgan fingerprint density at radius 2 is 1.88 bits per heavy atom. The molecule has 1 heterocycles. The maximum atomic E-state index is 13.5. The lowest BCUT2D eigenvalue weighted by Gasteiger charge is -2.27. The number of nitrogens with one attached hydrogen (secondary N) is 1. The minimum absolute atomic E-state index is 0.0944. The van der Waals surface area contributed by atoms with Crippen molar-refractivity contribution in [1.82, 2.24) is 14.5 Å². The first-order valence-electron chi connectivity index (χ1n) is 13.8. The number of hydrogen-bond acceptors (Lipinski definition) is 6. The Morgan fingerprint density at radius 3 is 2.60 bits per heavy atom. The predicted molar refractivity (Wildman–Crippen MR) is 165 cm³/mol. The molecule has 2 aromatic rings. The minimum Gasteiger partial charge on any atom is -0.445 e. The Labute approximate surface area is 248 Å². The number of nitrogens with zero attached hydrogens (tertiary/aromatic N) is 4. The standard InChI is InChI=1S/C31H39N5O5S/c1-5-11-24(2)12-10-18-33-30(32-4)34-42(39,40)28-16-9-15-27(22-28)29(37)36-21-20-35(19-17-25(36)3)31(38)41-23-26-13-7-6-8-14-26/h5-9,11,13-16,22,25H,1,4,10,12,17-21,23H2,2-3H3,(H,33,34)/b24-11-/t25-/m1/s1. The summed E-state index contributed by atoms with van der Waals surface area (Å²) in [6.45, 7) is 12.5. The molecule has 1 aliphatic rings. The second kappa shape index (κ2) is 15.7. The fourth-order valence-electron chi connectivity index (χ4n) is 4.44. The van der Waals surface area contributed by atoms with Gasteiger partial charge in [-0.15, -0.1) is 0 Å². The summed E-state index contributed by atoms with van der Waals surface area (Å²) in [5, 5.41) is 0. The number of sulfonamides is 1.